The Morgan fingerprint density at radius 2 is 1.70 bits per heavy atom. The van der Waals surface area contributed by atoms with Gasteiger partial charge in [0.15, 0.2) is 5.84 Å². The van der Waals surface area contributed by atoms with Crippen LogP contribution in [0.1, 0.15) is 19.4 Å². The summed E-state index contributed by atoms with van der Waals surface area (Å²) in [6, 6.07) is 17.8. The molecule has 1 aliphatic heterocycles. The summed E-state index contributed by atoms with van der Waals surface area (Å²) >= 11 is 0. The van der Waals surface area contributed by atoms with Crippen molar-refractivity contribution in [2.45, 2.75) is 20.4 Å². The maximum Gasteiger partial charge on any atom is 0.170 e. The monoisotopic (exact) mass is 363 g/mol. The van der Waals surface area contributed by atoms with Crippen LogP contribution in [0.4, 0.5) is 11.4 Å². The van der Waals surface area contributed by atoms with Gasteiger partial charge in [-0.05, 0) is 43.7 Å². The van der Waals surface area contributed by atoms with Crippen molar-refractivity contribution in [2.75, 3.05) is 24.6 Å². The maximum absolute atomic E-state index is 9.66. The fourth-order valence-corrected chi connectivity index (χ4v) is 3.05. The van der Waals surface area contributed by atoms with Crippen molar-refractivity contribution in [1.82, 2.24) is 5.01 Å². The van der Waals surface area contributed by atoms with Gasteiger partial charge in [0.1, 0.15) is 11.4 Å². The molecule has 0 saturated heterocycles. The molecule has 0 aliphatic carbocycles. The van der Waals surface area contributed by atoms with E-state index >= 15 is 0 Å². The first-order valence-corrected chi connectivity index (χ1v) is 9.19. The molecular weight excluding hydrogens is 338 g/mol. The van der Waals surface area contributed by atoms with Crippen LogP contribution < -0.4 is 4.90 Å². The quantitative estimate of drug-likeness (QED) is 0.791. The fraction of sp³-hybridized carbons (Fsp3) is 0.286. The second-order valence-electron chi connectivity index (χ2n) is 6.25. The molecule has 2 N–H and O–H groups in total. The van der Waals surface area contributed by atoms with Gasteiger partial charge < -0.3 is 10.0 Å². The summed E-state index contributed by atoms with van der Waals surface area (Å²) in [5.41, 5.74) is 3.78. The number of hydrazone groups is 1. The predicted octanol–water partition coefficient (Wildman–Crippen LogP) is 3.45. The number of hydrogen-bond acceptors (Lipinski definition) is 5. The zero-order valence-electron chi connectivity index (χ0n) is 15.8. The fourth-order valence-electron chi connectivity index (χ4n) is 3.05. The van der Waals surface area contributed by atoms with Crippen LogP contribution in [0, 0.1) is 5.41 Å². The normalized spacial score (nSPS) is 15.4. The van der Waals surface area contributed by atoms with Gasteiger partial charge in [0, 0.05) is 18.8 Å². The number of benzene rings is 2. The topological polar surface area (TPSA) is 75.3 Å². The lowest BCUT2D eigenvalue weighted by molar-refractivity contribution is 0.355. The van der Waals surface area contributed by atoms with Crippen LogP contribution in [0.5, 0.6) is 0 Å². The van der Waals surface area contributed by atoms with E-state index in [9.17, 15) is 5.11 Å². The molecule has 1 aliphatic rings. The van der Waals surface area contributed by atoms with E-state index in [1.807, 2.05) is 54.6 Å². The van der Waals surface area contributed by atoms with Crippen LogP contribution >= 0.6 is 0 Å². The largest absolute Gasteiger partial charge is 0.390 e. The van der Waals surface area contributed by atoms with E-state index in [2.05, 4.69) is 28.8 Å². The van der Waals surface area contributed by atoms with Crippen LogP contribution in [0.25, 0.3) is 0 Å². The highest BCUT2D eigenvalue weighted by atomic mass is 16.3. The van der Waals surface area contributed by atoms with Crippen LogP contribution in [-0.2, 0) is 6.54 Å². The second-order valence-corrected chi connectivity index (χ2v) is 6.25. The molecular formula is C21H25N5O. The van der Waals surface area contributed by atoms with E-state index in [1.165, 1.54) is 0 Å². The van der Waals surface area contributed by atoms with E-state index in [4.69, 9.17) is 5.41 Å². The lowest BCUT2D eigenvalue weighted by Crippen LogP contribution is -2.27. The lowest BCUT2D eigenvalue weighted by Gasteiger charge is -2.20. The standard InChI is InChI=1S/C21H25N5O/c1-3-25(4-2)18-12-10-17(11-13-18)23-20-19(15-27)24-26(21(20)22)14-16-8-6-5-7-9-16/h5-13,22,27H,3-4,14-15H2,1-2H3. The summed E-state index contributed by atoms with van der Waals surface area (Å²) in [6.45, 7) is 6.38. The van der Waals surface area contributed by atoms with Crippen LogP contribution in [0.2, 0.25) is 0 Å². The lowest BCUT2D eigenvalue weighted by atomic mass is 10.2. The summed E-state index contributed by atoms with van der Waals surface area (Å²) in [5, 5.41) is 24.0. The van der Waals surface area contributed by atoms with Crippen molar-refractivity contribution in [2.24, 2.45) is 10.1 Å². The molecule has 27 heavy (non-hydrogen) atoms. The first-order valence-electron chi connectivity index (χ1n) is 9.19. The summed E-state index contributed by atoms with van der Waals surface area (Å²) < 4.78 is 0. The molecule has 0 radical (unpaired) electrons. The smallest absolute Gasteiger partial charge is 0.170 e. The molecule has 0 amide bonds. The highest BCUT2D eigenvalue weighted by Gasteiger charge is 2.28. The first-order chi connectivity index (χ1) is 13.2. The van der Waals surface area contributed by atoms with Gasteiger partial charge in [-0.1, -0.05) is 30.3 Å². The number of aliphatic hydroxyl groups excluding tert-OH is 1. The minimum atomic E-state index is -0.246. The SMILES string of the molecule is CCN(CC)c1ccc(N=C2C(=N)N(Cc3ccccc3)N=C2CO)cc1. The zero-order valence-corrected chi connectivity index (χ0v) is 15.8. The molecule has 6 heteroatoms. The molecule has 3 rings (SSSR count). The van der Waals surface area contributed by atoms with Gasteiger partial charge in [0.25, 0.3) is 0 Å². The van der Waals surface area contributed by atoms with Crippen molar-refractivity contribution < 1.29 is 5.11 Å². The van der Waals surface area contributed by atoms with Gasteiger partial charge in [-0.15, -0.1) is 0 Å². The van der Waals surface area contributed by atoms with Crippen LogP contribution in [-0.4, -0.2) is 47.1 Å². The number of nitrogens with one attached hydrogen (secondary N) is 1. The molecule has 140 valence electrons. The van der Waals surface area contributed by atoms with Crippen molar-refractivity contribution >= 4 is 28.6 Å². The number of rotatable bonds is 7. The zero-order chi connectivity index (χ0) is 19.2. The number of anilines is 1. The van der Waals surface area contributed by atoms with Crippen molar-refractivity contribution in [1.29, 1.82) is 5.41 Å². The van der Waals surface area contributed by atoms with E-state index < -0.39 is 0 Å². The molecule has 0 saturated carbocycles. The molecule has 0 unspecified atom stereocenters. The molecule has 2 aromatic rings. The Morgan fingerprint density at radius 1 is 1.04 bits per heavy atom. The molecule has 0 fully saturated rings. The van der Waals surface area contributed by atoms with Crippen molar-refractivity contribution in [3.63, 3.8) is 0 Å². The van der Waals surface area contributed by atoms with Gasteiger partial charge in [0.2, 0.25) is 0 Å². The molecule has 0 atom stereocenters. The third-order valence-electron chi connectivity index (χ3n) is 4.54. The van der Waals surface area contributed by atoms with Crippen LogP contribution in [0.3, 0.4) is 0 Å². The Bertz CT molecular complexity index is 839. The Balaban J connectivity index is 1.81. The van der Waals surface area contributed by atoms with Gasteiger partial charge >= 0.3 is 0 Å². The predicted molar refractivity (Wildman–Crippen MR) is 111 cm³/mol. The average molecular weight is 363 g/mol. The summed E-state index contributed by atoms with van der Waals surface area (Å²) in [4.78, 5) is 6.84. The highest BCUT2D eigenvalue weighted by Crippen LogP contribution is 2.22. The maximum atomic E-state index is 9.66. The Morgan fingerprint density at radius 3 is 2.30 bits per heavy atom. The minimum Gasteiger partial charge on any atom is -0.390 e. The van der Waals surface area contributed by atoms with Gasteiger partial charge in [0.05, 0.1) is 18.8 Å². The van der Waals surface area contributed by atoms with Crippen molar-refractivity contribution in [3.8, 4) is 0 Å². The Kier molecular flexibility index (Phi) is 5.98. The third kappa shape index (κ3) is 4.23. The van der Waals surface area contributed by atoms with E-state index in [0.29, 0.717) is 18.0 Å². The van der Waals surface area contributed by atoms with Crippen LogP contribution in [0.15, 0.2) is 64.7 Å². The third-order valence-corrected chi connectivity index (χ3v) is 4.54. The number of hydrogen-bond donors (Lipinski definition) is 2. The molecule has 0 spiro atoms. The average Bonchev–Trinajstić information content (AvgIpc) is 3.00. The number of amidine groups is 1. The highest BCUT2D eigenvalue weighted by molar-refractivity contribution is 6.70. The Hall–Kier alpha value is -2.99. The minimum absolute atomic E-state index is 0.204. The van der Waals surface area contributed by atoms with Gasteiger partial charge in [-0.25, -0.2) is 10.0 Å². The summed E-state index contributed by atoms with van der Waals surface area (Å²) in [6.07, 6.45) is 0. The molecule has 1 heterocycles. The summed E-state index contributed by atoms with van der Waals surface area (Å²) in [5.74, 6) is 0.204. The number of aliphatic imine (C=N–C) groups is 1. The van der Waals surface area contributed by atoms with Crippen molar-refractivity contribution in [3.05, 3.63) is 60.2 Å². The molecule has 2 aromatic carbocycles. The van der Waals surface area contributed by atoms with E-state index in [1.54, 1.807) is 5.01 Å². The van der Waals surface area contributed by atoms with E-state index in [0.717, 1.165) is 30.0 Å². The van der Waals surface area contributed by atoms with Gasteiger partial charge in [-0.2, -0.15) is 5.10 Å². The second kappa shape index (κ2) is 8.60. The number of aliphatic hydroxyl groups is 1. The first kappa shape index (κ1) is 18.8. The molecule has 0 aromatic heterocycles. The number of nitrogens with zero attached hydrogens (tertiary/aromatic N) is 4. The van der Waals surface area contributed by atoms with E-state index in [-0.39, 0.29) is 12.4 Å². The molecule has 0 bridgehead atoms. The summed E-state index contributed by atoms with van der Waals surface area (Å²) in [7, 11) is 0. The van der Waals surface area contributed by atoms with Gasteiger partial charge in [-0.3, -0.25) is 5.41 Å². The molecule has 6 nitrogen and oxygen atoms in total. The Labute approximate surface area is 160 Å².